The highest BCUT2D eigenvalue weighted by Crippen LogP contribution is 2.13. The molecule has 21 heavy (non-hydrogen) atoms. The van der Waals surface area contributed by atoms with Crippen molar-refractivity contribution < 1.29 is 9.53 Å². The molecule has 0 saturated carbocycles. The van der Waals surface area contributed by atoms with Gasteiger partial charge in [0.1, 0.15) is 0 Å². The summed E-state index contributed by atoms with van der Waals surface area (Å²) in [5.74, 6) is 0.882. The summed E-state index contributed by atoms with van der Waals surface area (Å²) in [7, 11) is 0. The van der Waals surface area contributed by atoms with Crippen molar-refractivity contribution in [3.05, 3.63) is 0 Å². The average molecular weight is 317 g/mol. The van der Waals surface area contributed by atoms with Crippen LogP contribution in [0.2, 0.25) is 0 Å². The van der Waals surface area contributed by atoms with Gasteiger partial charge in [0.05, 0.1) is 6.10 Å². The molecule has 0 aromatic heterocycles. The van der Waals surface area contributed by atoms with Crippen molar-refractivity contribution in [3.63, 3.8) is 0 Å². The molecule has 2 nitrogen and oxygen atoms in total. The van der Waals surface area contributed by atoms with Crippen LogP contribution in [0.4, 0.5) is 0 Å². The Kier molecular flexibility index (Phi) is 16.1. The van der Waals surface area contributed by atoms with Crippen molar-refractivity contribution in [2.24, 2.45) is 0 Å². The van der Waals surface area contributed by atoms with Gasteiger partial charge in [-0.05, 0) is 31.9 Å². The molecule has 0 aliphatic rings. The molecule has 0 spiro atoms. The second-order valence-corrected chi connectivity index (χ2v) is 6.62. The first-order valence-corrected chi connectivity index (χ1v) is 9.58. The van der Waals surface area contributed by atoms with Gasteiger partial charge in [0, 0.05) is 6.92 Å². The van der Waals surface area contributed by atoms with Crippen molar-refractivity contribution in [1.82, 2.24) is 0 Å². The third-order valence-electron chi connectivity index (χ3n) is 3.89. The van der Waals surface area contributed by atoms with Crippen LogP contribution in [0.25, 0.3) is 0 Å². The number of carbonyl (C=O) groups excluding carboxylic acids is 1. The Bertz CT molecular complexity index is 231. The highest BCUT2D eigenvalue weighted by Gasteiger charge is 2.04. The number of hydrogen-bond acceptors (Lipinski definition) is 3. The van der Waals surface area contributed by atoms with Gasteiger partial charge in [-0.1, -0.05) is 64.2 Å². The van der Waals surface area contributed by atoms with Crippen molar-refractivity contribution >= 4 is 18.6 Å². The van der Waals surface area contributed by atoms with Gasteiger partial charge in [0.15, 0.2) is 0 Å². The molecule has 0 heterocycles. The number of rotatable bonds is 15. The smallest absolute Gasteiger partial charge is 0.302 e. The molecule has 0 bridgehead atoms. The highest BCUT2D eigenvalue weighted by atomic mass is 32.1. The monoisotopic (exact) mass is 316 g/mol. The predicted molar refractivity (Wildman–Crippen MR) is 95.1 cm³/mol. The van der Waals surface area contributed by atoms with Gasteiger partial charge in [-0.3, -0.25) is 4.79 Å². The zero-order chi connectivity index (χ0) is 15.8. The fourth-order valence-electron chi connectivity index (χ4n) is 2.65. The van der Waals surface area contributed by atoms with Crippen LogP contribution >= 0.6 is 12.6 Å². The maximum absolute atomic E-state index is 10.8. The zero-order valence-corrected chi connectivity index (χ0v) is 15.1. The minimum absolute atomic E-state index is 0.0880. The fraction of sp³-hybridized carbons (Fsp3) is 0.944. The van der Waals surface area contributed by atoms with E-state index in [1.54, 1.807) is 0 Å². The minimum atomic E-state index is -0.159. The summed E-state index contributed by atoms with van der Waals surface area (Å²) in [4.78, 5) is 10.8. The molecule has 0 aromatic rings. The molecule has 1 unspecified atom stereocenters. The van der Waals surface area contributed by atoms with E-state index in [1.165, 1.54) is 84.0 Å². The van der Waals surface area contributed by atoms with E-state index in [-0.39, 0.29) is 12.1 Å². The lowest BCUT2D eigenvalue weighted by Gasteiger charge is -2.11. The van der Waals surface area contributed by atoms with Crippen LogP contribution in [0.5, 0.6) is 0 Å². The lowest BCUT2D eigenvalue weighted by molar-refractivity contribution is -0.145. The molecule has 0 fully saturated rings. The summed E-state index contributed by atoms with van der Waals surface area (Å²) in [6, 6.07) is 0. The number of carbonyl (C=O) groups is 1. The Hall–Kier alpha value is -0.180. The third-order valence-corrected chi connectivity index (χ3v) is 4.20. The fourth-order valence-corrected chi connectivity index (χ4v) is 2.88. The standard InChI is InChI=1S/C18H36O2S/c1-17(20-18(2)19)15-13-11-9-7-5-3-4-6-8-10-12-14-16-21/h17,21H,3-16H2,1-2H3. The lowest BCUT2D eigenvalue weighted by atomic mass is 10.0. The summed E-state index contributed by atoms with van der Waals surface area (Å²) >= 11 is 4.23. The average Bonchev–Trinajstić information content (AvgIpc) is 2.43. The van der Waals surface area contributed by atoms with Gasteiger partial charge in [-0.15, -0.1) is 0 Å². The number of esters is 1. The molecule has 1 atom stereocenters. The highest BCUT2D eigenvalue weighted by molar-refractivity contribution is 7.80. The Balaban J connectivity index is 3.07. The summed E-state index contributed by atoms with van der Waals surface area (Å²) in [6.45, 7) is 3.47. The predicted octanol–water partition coefficient (Wildman–Crippen LogP) is 5.94. The van der Waals surface area contributed by atoms with Crippen LogP contribution in [0.15, 0.2) is 0 Å². The first-order chi connectivity index (χ1) is 10.2. The number of ether oxygens (including phenoxy) is 1. The van der Waals surface area contributed by atoms with E-state index in [4.69, 9.17) is 4.74 Å². The van der Waals surface area contributed by atoms with Gasteiger partial charge < -0.3 is 4.74 Å². The normalized spacial score (nSPS) is 12.3. The summed E-state index contributed by atoms with van der Waals surface area (Å²) < 4.78 is 5.11. The van der Waals surface area contributed by atoms with Crippen molar-refractivity contribution in [2.45, 2.75) is 103 Å². The Morgan fingerprint density at radius 3 is 1.57 bits per heavy atom. The molecule has 0 aromatic carbocycles. The number of unbranched alkanes of at least 4 members (excludes halogenated alkanes) is 11. The van der Waals surface area contributed by atoms with Crippen LogP contribution in [0.1, 0.15) is 97.3 Å². The van der Waals surface area contributed by atoms with Gasteiger partial charge >= 0.3 is 5.97 Å². The second kappa shape index (κ2) is 16.2. The van der Waals surface area contributed by atoms with E-state index in [0.29, 0.717) is 0 Å². The molecule has 0 amide bonds. The molecule has 0 aliphatic carbocycles. The Labute approximate surface area is 137 Å². The minimum Gasteiger partial charge on any atom is -0.463 e. The van der Waals surface area contributed by atoms with Crippen LogP contribution < -0.4 is 0 Å². The zero-order valence-electron chi connectivity index (χ0n) is 14.2. The molecule has 3 heteroatoms. The van der Waals surface area contributed by atoms with E-state index in [9.17, 15) is 4.79 Å². The number of hydrogen-bond donors (Lipinski definition) is 1. The lowest BCUT2D eigenvalue weighted by Crippen LogP contribution is -2.11. The van der Waals surface area contributed by atoms with Gasteiger partial charge in [-0.2, -0.15) is 12.6 Å². The second-order valence-electron chi connectivity index (χ2n) is 6.17. The quantitative estimate of drug-likeness (QED) is 0.230. The molecule has 0 rings (SSSR count). The largest absolute Gasteiger partial charge is 0.463 e. The molecule has 0 aliphatic heterocycles. The summed E-state index contributed by atoms with van der Waals surface area (Å²) in [5.41, 5.74) is 0. The molecular formula is C18H36O2S. The molecule has 0 saturated heterocycles. The van der Waals surface area contributed by atoms with E-state index in [0.717, 1.165) is 12.2 Å². The Morgan fingerprint density at radius 2 is 1.19 bits per heavy atom. The van der Waals surface area contributed by atoms with E-state index >= 15 is 0 Å². The van der Waals surface area contributed by atoms with Gasteiger partial charge in [0.2, 0.25) is 0 Å². The maximum Gasteiger partial charge on any atom is 0.302 e. The van der Waals surface area contributed by atoms with E-state index in [1.807, 2.05) is 6.92 Å². The van der Waals surface area contributed by atoms with E-state index in [2.05, 4.69) is 12.6 Å². The molecular weight excluding hydrogens is 280 g/mol. The number of thiol groups is 1. The molecule has 0 N–H and O–H groups in total. The van der Waals surface area contributed by atoms with Crippen molar-refractivity contribution in [2.75, 3.05) is 5.75 Å². The van der Waals surface area contributed by atoms with Crippen LogP contribution in [-0.2, 0) is 9.53 Å². The van der Waals surface area contributed by atoms with Crippen molar-refractivity contribution in [1.29, 1.82) is 0 Å². The first kappa shape index (κ1) is 20.8. The third kappa shape index (κ3) is 17.8. The van der Waals surface area contributed by atoms with E-state index < -0.39 is 0 Å². The van der Waals surface area contributed by atoms with Gasteiger partial charge in [-0.25, -0.2) is 0 Å². The van der Waals surface area contributed by atoms with Crippen LogP contribution in [0, 0.1) is 0 Å². The van der Waals surface area contributed by atoms with Crippen molar-refractivity contribution in [3.8, 4) is 0 Å². The summed E-state index contributed by atoms with van der Waals surface area (Å²) in [5, 5.41) is 0. The van der Waals surface area contributed by atoms with Crippen LogP contribution in [-0.4, -0.2) is 17.8 Å². The molecule has 0 radical (unpaired) electrons. The Morgan fingerprint density at radius 1 is 0.810 bits per heavy atom. The topological polar surface area (TPSA) is 26.3 Å². The van der Waals surface area contributed by atoms with Gasteiger partial charge in [0.25, 0.3) is 0 Å². The first-order valence-electron chi connectivity index (χ1n) is 8.95. The SMILES string of the molecule is CC(=O)OC(C)CCCCCCCCCCCCCCS. The molecule has 126 valence electrons. The maximum atomic E-state index is 10.8. The summed E-state index contributed by atoms with van der Waals surface area (Å²) in [6.07, 6.45) is 17.3. The van der Waals surface area contributed by atoms with Crippen LogP contribution in [0.3, 0.4) is 0 Å².